The normalized spacial score (nSPS) is 17.2. The van der Waals surface area contributed by atoms with Crippen LogP contribution in [0.25, 0.3) is 5.57 Å². The lowest BCUT2D eigenvalue weighted by atomic mass is 10.0. The van der Waals surface area contributed by atoms with Gasteiger partial charge in [-0.3, -0.25) is 19.4 Å². The van der Waals surface area contributed by atoms with Crippen molar-refractivity contribution in [2.24, 2.45) is 0 Å². The zero-order valence-electron chi connectivity index (χ0n) is 18.6. The van der Waals surface area contributed by atoms with Gasteiger partial charge in [-0.2, -0.15) is 0 Å². The van der Waals surface area contributed by atoms with E-state index >= 15 is 0 Å². The van der Waals surface area contributed by atoms with Gasteiger partial charge in [0.05, 0.1) is 31.6 Å². The molecule has 2 aliphatic rings. The van der Waals surface area contributed by atoms with Gasteiger partial charge < -0.3 is 14.8 Å². The first kappa shape index (κ1) is 22.0. The van der Waals surface area contributed by atoms with Crippen LogP contribution in [0.15, 0.2) is 54.2 Å². The van der Waals surface area contributed by atoms with Crippen molar-refractivity contribution in [3.63, 3.8) is 0 Å². The van der Waals surface area contributed by atoms with Crippen LogP contribution in [0.1, 0.15) is 17.5 Å². The maximum absolute atomic E-state index is 13.4. The first-order valence-corrected chi connectivity index (χ1v) is 11.0. The first-order valence-electron chi connectivity index (χ1n) is 11.0. The number of rotatable bonds is 8. The van der Waals surface area contributed by atoms with Crippen molar-refractivity contribution in [3.05, 3.63) is 65.4 Å². The van der Waals surface area contributed by atoms with E-state index in [-0.39, 0.29) is 17.5 Å². The quantitative estimate of drug-likeness (QED) is 0.643. The van der Waals surface area contributed by atoms with Gasteiger partial charge in [-0.1, -0.05) is 36.4 Å². The number of imide groups is 1. The number of nitrogens with one attached hydrogen (secondary N) is 1. The van der Waals surface area contributed by atoms with Crippen molar-refractivity contribution >= 4 is 23.1 Å². The Labute approximate surface area is 188 Å². The molecule has 4 rings (SSSR count). The summed E-state index contributed by atoms with van der Waals surface area (Å²) in [5.74, 6) is 0.0400. The third-order valence-corrected chi connectivity index (χ3v) is 5.80. The largest absolute Gasteiger partial charge is 0.495 e. The second-order valence-corrected chi connectivity index (χ2v) is 8.01. The van der Waals surface area contributed by atoms with Gasteiger partial charge in [0, 0.05) is 26.2 Å². The van der Waals surface area contributed by atoms with E-state index in [1.165, 1.54) is 4.90 Å². The van der Waals surface area contributed by atoms with Crippen LogP contribution < -0.4 is 10.1 Å². The van der Waals surface area contributed by atoms with Crippen LogP contribution >= 0.6 is 0 Å². The predicted molar refractivity (Wildman–Crippen MR) is 123 cm³/mol. The molecule has 0 atom stereocenters. The number of ether oxygens (including phenoxy) is 2. The van der Waals surface area contributed by atoms with E-state index in [4.69, 9.17) is 9.47 Å². The van der Waals surface area contributed by atoms with Crippen molar-refractivity contribution in [2.45, 2.75) is 13.3 Å². The molecule has 0 unspecified atom stereocenters. The number of carbonyl (C=O) groups is 2. The number of hydrogen-bond donors (Lipinski definition) is 1. The Morgan fingerprint density at radius 2 is 1.75 bits per heavy atom. The maximum Gasteiger partial charge on any atom is 0.278 e. The molecule has 168 valence electrons. The van der Waals surface area contributed by atoms with Crippen LogP contribution in [-0.2, 0) is 14.3 Å². The van der Waals surface area contributed by atoms with Gasteiger partial charge in [-0.25, -0.2) is 0 Å². The Morgan fingerprint density at radius 1 is 1.00 bits per heavy atom. The molecule has 2 aromatic rings. The van der Waals surface area contributed by atoms with Gasteiger partial charge in [0.25, 0.3) is 11.8 Å². The van der Waals surface area contributed by atoms with Crippen LogP contribution in [0.4, 0.5) is 5.69 Å². The van der Waals surface area contributed by atoms with Gasteiger partial charge >= 0.3 is 0 Å². The number of carbonyl (C=O) groups excluding carboxylic acids is 2. The van der Waals surface area contributed by atoms with E-state index in [9.17, 15) is 9.59 Å². The Kier molecular flexibility index (Phi) is 6.87. The van der Waals surface area contributed by atoms with Crippen molar-refractivity contribution in [2.75, 3.05) is 51.8 Å². The summed E-state index contributed by atoms with van der Waals surface area (Å²) in [5.41, 5.74) is 3.08. The summed E-state index contributed by atoms with van der Waals surface area (Å²) in [7, 11) is 1.59. The van der Waals surface area contributed by atoms with Crippen molar-refractivity contribution in [1.29, 1.82) is 0 Å². The van der Waals surface area contributed by atoms with Gasteiger partial charge in [-0.05, 0) is 36.6 Å². The molecule has 0 bridgehead atoms. The van der Waals surface area contributed by atoms with Crippen LogP contribution in [-0.4, -0.2) is 68.1 Å². The molecule has 0 saturated carbocycles. The highest BCUT2D eigenvalue weighted by atomic mass is 16.5. The molecule has 0 radical (unpaired) electrons. The van der Waals surface area contributed by atoms with Crippen molar-refractivity contribution in [1.82, 2.24) is 9.80 Å². The van der Waals surface area contributed by atoms with Crippen molar-refractivity contribution < 1.29 is 19.1 Å². The second kappa shape index (κ2) is 9.97. The van der Waals surface area contributed by atoms with Crippen LogP contribution in [0.3, 0.4) is 0 Å². The van der Waals surface area contributed by atoms with E-state index in [0.717, 1.165) is 50.4 Å². The average Bonchev–Trinajstić information content (AvgIpc) is 3.04. The SMILES string of the molecule is COc1ccc(C)cc1NC1=C(c2ccccc2)C(=O)N(CCCN2CCOCC2)C1=O. The van der Waals surface area contributed by atoms with E-state index in [1.54, 1.807) is 7.11 Å². The molecule has 0 aromatic heterocycles. The van der Waals surface area contributed by atoms with Crippen LogP contribution in [0, 0.1) is 6.92 Å². The minimum Gasteiger partial charge on any atom is -0.495 e. The third kappa shape index (κ3) is 4.69. The van der Waals surface area contributed by atoms with Gasteiger partial charge in [0.2, 0.25) is 0 Å². The molecule has 2 heterocycles. The molecule has 2 aromatic carbocycles. The summed E-state index contributed by atoms with van der Waals surface area (Å²) in [6, 6.07) is 15.0. The summed E-state index contributed by atoms with van der Waals surface area (Å²) >= 11 is 0. The maximum atomic E-state index is 13.4. The number of aryl methyl sites for hydroxylation is 1. The number of nitrogens with zero attached hydrogens (tertiary/aromatic N) is 2. The standard InChI is InChI=1S/C25H29N3O4/c1-18-9-10-21(31-2)20(17-18)26-23-22(19-7-4-3-5-8-19)24(29)28(25(23)30)12-6-11-27-13-15-32-16-14-27/h3-5,7-10,17,26H,6,11-16H2,1-2H3. The number of benzene rings is 2. The van der Waals surface area contributed by atoms with Gasteiger partial charge in [0.1, 0.15) is 11.4 Å². The minimum atomic E-state index is -0.306. The van der Waals surface area contributed by atoms with Gasteiger partial charge in [0.15, 0.2) is 0 Å². The number of morpholine rings is 1. The highest BCUT2D eigenvalue weighted by Crippen LogP contribution is 2.33. The smallest absolute Gasteiger partial charge is 0.278 e. The molecule has 1 saturated heterocycles. The molecule has 7 heteroatoms. The molecule has 0 spiro atoms. The summed E-state index contributed by atoms with van der Waals surface area (Å²) in [6.45, 7) is 6.40. The first-order chi connectivity index (χ1) is 15.6. The Balaban J connectivity index is 1.59. The number of amides is 2. The fraction of sp³-hybridized carbons (Fsp3) is 0.360. The summed E-state index contributed by atoms with van der Waals surface area (Å²) in [5, 5.41) is 3.22. The van der Waals surface area contributed by atoms with E-state index < -0.39 is 0 Å². The Hall–Kier alpha value is -3.16. The Bertz CT molecular complexity index is 1010. The fourth-order valence-corrected chi connectivity index (χ4v) is 4.10. The predicted octanol–water partition coefficient (Wildman–Crippen LogP) is 2.92. The molecule has 2 aliphatic heterocycles. The molecule has 0 aliphatic carbocycles. The molecular weight excluding hydrogens is 406 g/mol. The number of hydrogen-bond acceptors (Lipinski definition) is 6. The summed E-state index contributed by atoms with van der Waals surface area (Å²) in [6.07, 6.45) is 0.723. The van der Waals surface area contributed by atoms with Crippen molar-refractivity contribution in [3.8, 4) is 5.75 Å². The lowest BCUT2D eigenvalue weighted by Crippen LogP contribution is -2.39. The van der Waals surface area contributed by atoms with E-state index in [0.29, 0.717) is 23.6 Å². The summed E-state index contributed by atoms with van der Waals surface area (Å²) < 4.78 is 10.9. The number of methoxy groups -OCH3 is 1. The van der Waals surface area contributed by atoms with Gasteiger partial charge in [-0.15, -0.1) is 0 Å². The fourth-order valence-electron chi connectivity index (χ4n) is 4.10. The molecule has 32 heavy (non-hydrogen) atoms. The second-order valence-electron chi connectivity index (χ2n) is 8.01. The lowest BCUT2D eigenvalue weighted by molar-refractivity contribution is -0.136. The zero-order chi connectivity index (χ0) is 22.5. The zero-order valence-corrected chi connectivity index (χ0v) is 18.6. The molecule has 7 nitrogen and oxygen atoms in total. The minimum absolute atomic E-state index is 0.266. The molecule has 2 amide bonds. The summed E-state index contributed by atoms with van der Waals surface area (Å²) in [4.78, 5) is 30.4. The monoisotopic (exact) mass is 435 g/mol. The highest BCUT2D eigenvalue weighted by molar-refractivity contribution is 6.36. The van der Waals surface area contributed by atoms with E-state index in [1.807, 2.05) is 55.5 Å². The molecule has 1 N–H and O–H groups in total. The topological polar surface area (TPSA) is 71.1 Å². The van der Waals surface area contributed by atoms with E-state index in [2.05, 4.69) is 10.2 Å². The molecular formula is C25H29N3O4. The Morgan fingerprint density at radius 3 is 2.47 bits per heavy atom. The average molecular weight is 436 g/mol. The molecule has 1 fully saturated rings. The number of anilines is 1. The lowest BCUT2D eigenvalue weighted by Gasteiger charge is -2.27. The highest BCUT2D eigenvalue weighted by Gasteiger charge is 2.39. The van der Waals surface area contributed by atoms with Crippen LogP contribution in [0.5, 0.6) is 5.75 Å². The van der Waals surface area contributed by atoms with Crippen LogP contribution in [0.2, 0.25) is 0 Å². The third-order valence-electron chi connectivity index (χ3n) is 5.80.